The van der Waals surface area contributed by atoms with E-state index in [4.69, 9.17) is 0 Å². The lowest BCUT2D eigenvalue weighted by molar-refractivity contribution is 0.0712. The number of rotatable bonds is 2. The van der Waals surface area contributed by atoms with Crippen molar-refractivity contribution in [1.82, 2.24) is 0 Å². The van der Waals surface area contributed by atoms with Crippen molar-refractivity contribution in [2.45, 2.75) is 12.8 Å². The van der Waals surface area contributed by atoms with Gasteiger partial charge < -0.3 is 0 Å². The minimum absolute atomic E-state index is 0.259. The van der Waals surface area contributed by atoms with Gasteiger partial charge in [0.25, 0.3) is 5.92 Å². The van der Waals surface area contributed by atoms with E-state index < -0.39 is 5.92 Å². The van der Waals surface area contributed by atoms with Crippen LogP contribution in [-0.2, 0) is 0 Å². The van der Waals surface area contributed by atoms with Crippen LogP contribution in [0.5, 0.6) is 0 Å². The zero-order chi connectivity index (χ0) is 7.49. The summed E-state index contributed by atoms with van der Waals surface area (Å²) in [5.74, 6) is -2.83. The van der Waals surface area contributed by atoms with E-state index in [0.29, 0.717) is 0 Å². The van der Waals surface area contributed by atoms with Crippen molar-refractivity contribution in [3.05, 3.63) is 12.2 Å². The summed E-state index contributed by atoms with van der Waals surface area (Å²) < 4.78 is 24.2. The fourth-order valence-corrected chi connectivity index (χ4v) is 0.269. The molecule has 9 heavy (non-hydrogen) atoms. The van der Waals surface area contributed by atoms with Crippen LogP contribution in [0.3, 0.4) is 0 Å². The maximum atomic E-state index is 12.1. The van der Waals surface area contributed by atoms with Gasteiger partial charge in [0.05, 0.1) is 0 Å². The molecule has 52 valence electrons. The van der Waals surface area contributed by atoms with Gasteiger partial charge in [-0.1, -0.05) is 6.58 Å². The highest BCUT2D eigenvalue weighted by Crippen LogP contribution is 2.19. The third-order valence-corrected chi connectivity index (χ3v) is 0.849. The fourth-order valence-electron chi connectivity index (χ4n) is 0.269. The van der Waals surface area contributed by atoms with Gasteiger partial charge in [0.2, 0.25) is 0 Å². The Morgan fingerprint density at radius 3 is 2.22 bits per heavy atom. The van der Waals surface area contributed by atoms with Crippen LogP contribution in [0.1, 0.15) is 6.92 Å². The highest BCUT2D eigenvalue weighted by Gasteiger charge is 2.23. The molecule has 0 aliphatic carbocycles. The first-order valence-corrected chi connectivity index (χ1v) is 2.48. The number of aliphatic imine (C=N–C) groups is 1. The predicted octanol–water partition coefficient (Wildman–Crippen LogP) is 1.90. The van der Waals surface area contributed by atoms with Gasteiger partial charge in [0.1, 0.15) is 0 Å². The molecule has 0 saturated heterocycles. The predicted molar refractivity (Wildman–Crippen MR) is 34.2 cm³/mol. The van der Waals surface area contributed by atoms with Crippen molar-refractivity contribution in [2.24, 2.45) is 4.99 Å². The number of hydrogen-bond acceptors (Lipinski definition) is 1. The Morgan fingerprint density at radius 1 is 1.67 bits per heavy atom. The summed E-state index contributed by atoms with van der Waals surface area (Å²) >= 11 is 0. The van der Waals surface area contributed by atoms with E-state index >= 15 is 0 Å². The van der Waals surface area contributed by atoms with Gasteiger partial charge >= 0.3 is 0 Å². The molecule has 0 rings (SSSR count). The lowest BCUT2D eigenvalue weighted by Crippen LogP contribution is -2.13. The Kier molecular flexibility index (Phi) is 2.49. The van der Waals surface area contributed by atoms with Crippen molar-refractivity contribution in [3.63, 3.8) is 0 Å². The second kappa shape index (κ2) is 2.71. The quantitative estimate of drug-likeness (QED) is 0.510. The van der Waals surface area contributed by atoms with Crippen molar-refractivity contribution >= 4 is 6.21 Å². The maximum Gasteiger partial charge on any atom is 0.271 e. The third kappa shape index (κ3) is 2.95. The molecule has 0 fully saturated rings. The monoisotopic (exact) mass is 133 g/mol. The second-order valence-electron chi connectivity index (χ2n) is 1.80. The molecule has 0 aromatic heterocycles. The van der Waals surface area contributed by atoms with E-state index in [9.17, 15) is 8.78 Å². The highest BCUT2D eigenvalue weighted by atomic mass is 19.3. The van der Waals surface area contributed by atoms with Crippen LogP contribution >= 0.6 is 0 Å². The van der Waals surface area contributed by atoms with Crippen LogP contribution < -0.4 is 0 Å². The molecule has 0 aromatic carbocycles. The summed E-state index contributed by atoms with van der Waals surface area (Å²) in [7, 11) is 1.43. The van der Waals surface area contributed by atoms with Crippen LogP contribution in [0.15, 0.2) is 17.1 Å². The summed E-state index contributed by atoms with van der Waals surface area (Å²) in [6.07, 6.45) is 1.06. The summed E-state index contributed by atoms with van der Waals surface area (Å²) in [5.41, 5.74) is -0.259. The van der Waals surface area contributed by atoms with E-state index in [0.717, 1.165) is 13.1 Å². The van der Waals surface area contributed by atoms with Gasteiger partial charge in [-0.25, -0.2) is 8.78 Å². The molecule has 3 heteroatoms. The Balaban J connectivity index is 4.06. The van der Waals surface area contributed by atoms with Gasteiger partial charge in [-0.15, -0.1) is 0 Å². The van der Waals surface area contributed by atoms with E-state index in [1.165, 1.54) is 7.05 Å². The normalized spacial score (nSPS) is 12.4. The van der Waals surface area contributed by atoms with Crippen molar-refractivity contribution < 1.29 is 8.78 Å². The molecule has 0 N–H and O–H groups in total. The standard InChI is InChI=1S/C6H9F2N/c1-5(4-9-3)6(2,7)8/h4H,1H2,2-3H3. The molecule has 0 aliphatic heterocycles. The first-order valence-electron chi connectivity index (χ1n) is 2.48. The Morgan fingerprint density at radius 2 is 2.11 bits per heavy atom. The van der Waals surface area contributed by atoms with E-state index in [1.807, 2.05) is 0 Å². The molecule has 0 aliphatic rings. The molecule has 0 aromatic rings. The summed E-state index contributed by atoms with van der Waals surface area (Å²) in [6.45, 7) is 3.91. The Bertz CT molecular complexity index is 132. The number of alkyl halides is 2. The molecule has 0 atom stereocenters. The molecule has 0 unspecified atom stereocenters. The molecule has 0 heterocycles. The van der Waals surface area contributed by atoms with Crippen LogP contribution in [-0.4, -0.2) is 19.2 Å². The first-order chi connectivity index (χ1) is 3.98. The van der Waals surface area contributed by atoms with Crippen LogP contribution in [0.25, 0.3) is 0 Å². The SMILES string of the molecule is C=C(C=NC)C(C)(F)F. The zero-order valence-corrected chi connectivity index (χ0v) is 5.49. The molecule has 0 saturated carbocycles. The molecule has 0 spiro atoms. The van der Waals surface area contributed by atoms with Crippen molar-refractivity contribution in [3.8, 4) is 0 Å². The van der Waals surface area contributed by atoms with Crippen LogP contribution in [0, 0.1) is 0 Å². The molecule has 1 nitrogen and oxygen atoms in total. The van der Waals surface area contributed by atoms with Gasteiger partial charge in [-0.3, -0.25) is 4.99 Å². The maximum absolute atomic E-state index is 12.1. The minimum atomic E-state index is -2.83. The highest BCUT2D eigenvalue weighted by molar-refractivity contribution is 5.79. The first kappa shape index (κ1) is 8.27. The Hall–Kier alpha value is -0.730. The van der Waals surface area contributed by atoms with Gasteiger partial charge in [-0.05, 0) is 0 Å². The zero-order valence-electron chi connectivity index (χ0n) is 5.49. The molecular formula is C6H9F2N. The van der Waals surface area contributed by atoms with Crippen molar-refractivity contribution in [1.29, 1.82) is 0 Å². The third-order valence-electron chi connectivity index (χ3n) is 0.849. The number of allylic oxidation sites excluding steroid dienone is 1. The fraction of sp³-hybridized carbons (Fsp3) is 0.500. The summed E-state index contributed by atoms with van der Waals surface area (Å²) in [5, 5.41) is 0. The largest absolute Gasteiger partial charge is 0.296 e. The van der Waals surface area contributed by atoms with Crippen LogP contribution in [0.4, 0.5) is 8.78 Å². The number of nitrogens with zero attached hydrogens (tertiary/aromatic N) is 1. The van der Waals surface area contributed by atoms with Gasteiger partial charge in [0.15, 0.2) is 0 Å². The molecule has 0 radical (unpaired) electrons. The lowest BCUT2D eigenvalue weighted by Gasteiger charge is -2.07. The second-order valence-corrected chi connectivity index (χ2v) is 1.80. The van der Waals surface area contributed by atoms with Crippen molar-refractivity contribution in [2.75, 3.05) is 7.05 Å². The van der Waals surface area contributed by atoms with Gasteiger partial charge in [0, 0.05) is 25.8 Å². The molecular weight excluding hydrogens is 124 g/mol. The van der Waals surface area contributed by atoms with E-state index in [1.54, 1.807) is 0 Å². The molecule has 0 bridgehead atoms. The summed E-state index contributed by atoms with van der Waals surface area (Å²) in [6, 6.07) is 0. The number of hydrogen-bond donors (Lipinski definition) is 0. The van der Waals surface area contributed by atoms with E-state index in [2.05, 4.69) is 11.6 Å². The summed E-state index contributed by atoms with van der Waals surface area (Å²) in [4.78, 5) is 3.40. The topological polar surface area (TPSA) is 12.4 Å². The van der Waals surface area contributed by atoms with E-state index in [-0.39, 0.29) is 5.57 Å². The van der Waals surface area contributed by atoms with Gasteiger partial charge in [-0.2, -0.15) is 0 Å². The van der Waals surface area contributed by atoms with Crippen LogP contribution in [0.2, 0.25) is 0 Å². The smallest absolute Gasteiger partial charge is 0.271 e. The average Bonchev–Trinajstić information content (AvgIpc) is 1.64. The lowest BCUT2D eigenvalue weighted by atomic mass is 10.2. The molecule has 0 amide bonds. The Labute approximate surface area is 53.1 Å². The minimum Gasteiger partial charge on any atom is -0.296 e. The average molecular weight is 133 g/mol. The number of halogens is 2.